The number of methoxy groups -OCH3 is 1. The third-order valence-electron chi connectivity index (χ3n) is 8.68. The molecular formula is C28H36N4O4S. The van der Waals surface area contributed by atoms with Crippen molar-refractivity contribution in [2.45, 2.75) is 63.8 Å². The first kappa shape index (κ1) is 24.9. The normalized spacial score (nSPS) is 23.4. The lowest BCUT2D eigenvalue weighted by atomic mass is 9.66. The fourth-order valence-electron chi connectivity index (χ4n) is 6.81. The summed E-state index contributed by atoms with van der Waals surface area (Å²) < 4.78 is 43.5. The molecule has 0 spiro atoms. The van der Waals surface area contributed by atoms with Crippen molar-refractivity contribution in [3.63, 3.8) is 0 Å². The van der Waals surface area contributed by atoms with Crippen LogP contribution in [0.1, 0.15) is 67.3 Å². The van der Waals surface area contributed by atoms with Crippen LogP contribution in [0.3, 0.4) is 0 Å². The number of oxazole rings is 1. The Hall–Kier alpha value is -2.46. The molecule has 2 atom stereocenters. The zero-order valence-electron chi connectivity index (χ0n) is 22.1. The number of hydrogen-bond acceptors (Lipinski definition) is 6. The van der Waals surface area contributed by atoms with Gasteiger partial charge in [-0.15, -0.1) is 0 Å². The molecule has 0 unspecified atom stereocenters. The van der Waals surface area contributed by atoms with Crippen molar-refractivity contribution in [3.05, 3.63) is 52.9 Å². The molecule has 198 valence electrons. The Morgan fingerprint density at radius 3 is 2.84 bits per heavy atom. The average Bonchev–Trinajstić information content (AvgIpc) is 3.42. The number of hydrogen-bond donors (Lipinski definition) is 1. The number of nitrogens with one attached hydrogen (secondary N) is 1. The highest BCUT2D eigenvalue weighted by Crippen LogP contribution is 2.58. The second-order valence-electron chi connectivity index (χ2n) is 10.7. The number of benzene rings is 1. The van der Waals surface area contributed by atoms with Crippen molar-refractivity contribution in [1.29, 1.82) is 0 Å². The van der Waals surface area contributed by atoms with E-state index in [0.717, 1.165) is 72.4 Å². The molecule has 6 rings (SSSR count). The Bertz CT molecular complexity index is 1480. The number of sulfonamides is 1. The van der Waals surface area contributed by atoms with Crippen LogP contribution in [0.2, 0.25) is 0 Å². The fourth-order valence-corrected chi connectivity index (χ4v) is 8.13. The van der Waals surface area contributed by atoms with Gasteiger partial charge in [0.15, 0.2) is 0 Å². The van der Waals surface area contributed by atoms with Crippen LogP contribution in [0, 0.1) is 19.3 Å². The van der Waals surface area contributed by atoms with Crippen LogP contribution in [0.25, 0.3) is 16.6 Å². The van der Waals surface area contributed by atoms with Gasteiger partial charge in [-0.05, 0) is 76.3 Å². The summed E-state index contributed by atoms with van der Waals surface area (Å²) in [6.45, 7) is 9.04. The summed E-state index contributed by atoms with van der Waals surface area (Å²) >= 11 is 0. The minimum atomic E-state index is -3.71. The zero-order valence-corrected chi connectivity index (χ0v) is 23.0. The van der Waals surface area contributed by atoms with E-state index in [1.165, 1.54) is 5.69 Å². The van der Waals surface area contributed by atoms with Crippen molar-refractivity contribution >= 4 is 26.6 Å². The molecule has 1 aromatic carbocycles. The molecule has 1 saturated heterocycles. The van der Waals surface area contributed by atoms with Gasteiger partial charge in [0.25, 0.3) is 0 Å². The number of piperidine rings is 1. The minimum absolute atomic E-state index is 0.0408. The van der Waals surface area contributed by atoms with E-state index < -0.39 is 10.0 Å². The minimum Gasteiger partial charge on any atom is -0.440 e. The van der Waals surface area contributed by atoms with Crippen LogP contribution >= 0.6 is 0 Å². The van der Waals surface area contributed by atoms with Gasteiger partial charge in [0, 0.05) is 43.3 Å². The van der Waals surface area contributed by atoms with Gasteiger partial charge >= 0.3 is 0 Å². The van der Waals surface area contributed by atoms with Gasteiger partial charge in [0.1, 0.15) is 11.5 Å². The predicted molar refractivity (Wildman–Crippen MR) is 143 cm³/mol. The highest BCUT2D eigenvalue weighted by molar-refractivity contribution is 7.89. The molecule has 1 N–H and O–H groups in total. The van der Waals surface area contributed by atoms with Crippen molar-refractivity contribution in [1.82, 2.24) is 19.2 Å². The molecule has 8 nitrogen and oxygen atoms in total. The Morgan fingerprint density at radius 2 is 2.11 bits per heavy atom. The van der Waals surface area contributed by atoms with Crippen LogP contribution in [0.15, 0.2) is 33.6 Å². The van der Waals surface area contributed by atoms with E-state index in [-0.39, 0.29) is 11.5 Å². The van der Waals surface area contributed by atoms with E-state index in [0.29, 0.717) is 30.4 Å². The molecule has 3 aliphatic rings. The van der Waals surface area contributed by atoms with Gasteiger partial charge < -0.3 is 13.7 Å². The third kappa shape index (κ3) is 3.73. The quantitative estimate of drug-likeness (QED) is 0.435. The molecule has 9 heteroatoms. The topological polar surface area (TPSA) is 89.6 Å². The zero-order chi connectivity index (χ0) is 25.9. The number of rotatable bonds is 8. The summed E-state index contributed by atoms with van der Waals surface area (Å²) in [7, 11) is -2.08. The first-order valence-corrected chi connectivity index (χ1v) is 14.9. The third-order valence-corrected chi connectivity index (χ3v) is 10.2. The van der Waals surface area contributed by atoms with Crippen molar-refractivity contribution in [2.24, 2.45) is 5.41 Å². The predicted octanol–water partition coefficient (Wildman–Crippen LogP) is 4.55. The molecule has 1 fully saturated rings. The Labute approximate surface area is 218 Å². The maximum Gasteiger partial charge on any atom is 0.243 e. The standard InChI is InChI=1S/C28H36N4O4S/c1-5-28-12-7-14-31-15-11-20-24-21(9-6-10-23(24)37(33,34)29-13-8-16-35-4)32(25(20)26(28)31)22(17-28)27-30-18(2)19(3)36-27/h6,9-10,17,26,29H,5,7-8,11-16H2,1-4H3/t26-,28+/m1/s1. The Balaban J connectivity index is 1.61. The van der Waals surface area contributed by atoms with E-state index in [9.17, 15) is 8.42 Å². The van der Waals surface area contributed by atoms with Gasteiger partial charge in [-0.3, -0.25) is 4.90 Å². The fraction of sp³-hybridized carbons (Fsp3) is 0.536. The molecule has 0 amide bonds. The van der Waals surface area contributed by atoms with Crippen molar-refractivity contribution in [3.8, 4) is 0 Å². The molecule has 3 aromatic rings. The maximum absolute atomic E-state index is 13.6. The molecule has 0 saturated carbocycles. The molecular weight excluding hydrogens is 488 g/mol. The number of nitrogens with zero attached hydrogens (tertiary/aromatic N) is 3. The van der Waals surface area contributed by atoms with Crippen LogP contribution in [-0.2, 0) is 21.2 Å². The molecule has 0 bridgehead atoms. The van der Waals surface area contributed by atoms with Gasteiger partial charge in [0.2, 0.25) is 15.9 Å². The molecule has 0 radical (unpaired) electrons. The van der Waals surface area contributed by atoms with E-state index in [4.69, 9.17) is 14.1 Å². The summed E-state index contributed by atoms with van der Waals surface area (Å²) in [5, 5.41) is 0.833. The van der Waals surface area contributed by atoms with Crippen LogP contribution in [0.5, 0.6) is 0 Å². The smallest absolute Gasteiger partial charge is 0.243 e. The summed E-state index contributed by atoms with van der Waals surface area (Å²) in [5.41, 5.74) is 5.05. The highest BCUT2D eigenvalue weighted by atomic mass is 32.2. The second kappa shape index (κ2) is 9.08. The number of aryl methyl sites for hydroxylation is 2. The Kier molecular flexibility index (Phi) is 6.10. The Morgan fingerprint density at radius 1 is 1.27 bits per heavy atom. The first-order chi connectivity index (χ1) is 17.8. The van der Waals surface area contributed by atoms with E-state index in [2.05, 4.69) is 27.2 Å². The van der Waals surface area contributed by atoms with Crippen molar-refractivity contribution in [2.75, 3.05) is 33.4 Å². The molecule has 3 aliphatic heterocycles. The summed E-state index contributed by atoms with van der Waals surface area (Å²) in [4.78, 5) is 7.77. The number of ether oxygens (including phenoxy) is 1. The first-order valence-electron chi connectivity index (χ1n) is 13.4. The van der Waals surface area contributed by atoms with Crippen LogP contribution < -0.4 is 4.72 Å². The number of fused-ring (bicyclic) bond motifs is 3. The molecule has 0 aliphatic carbocycles. The van der Waals surface area contributed by atoms with Gasteiger partial charge in [-0.2, -0.15) is 0 Å². The average molecular weight is 525 g/mol. The molecule has 2 aromatic heterocycles. The summed E-state index contributed by atoms with van der Waals surface area (Å²) in [5.74, 6) is 1.41. The monoisotopic (exact) mass is 524 g/mol. The summed E-state index contributed by atoms with van der Waals surface area (Å²) in [6, 6.07) is 5.85. The second-order valence-corrected chi connectivity index (χ2v) is 12.4. The van der Waals surface area contributed by atoms with Crippen molar-refractivity contribution < 1.29 is 17.6 Å². The highest BCUT2D eigenvalue weighted by Gasteiger charge is 2.51. The van der Waals surface area contributed by atoms with E-state index in [1.807, 2.05) is 26.0 Å². The lowest BCUT2D eigenvalue weighted by Crippen LogP contribution is -2.50. The largest absolute Gasteiger partial charge is 0.440 e. The van der Waals surface area contributed by atoms with E-state index in [1.54, 1.807) is 13.2 Å². The molecule has 37 heavy (non-hydrogen) atoms. The lowest BCUT2D eigenvalue weighted by Gasteiger charge is -2.53. The van der Waals surface area contributed by atoms with E-state index >= 15 is 0 Å². The summed E-state index contributed by atoms with van der Waals surface area (Å²) in [6.07, 6.45) is 7.08. The van der Waals surface area contributed by atoms with Gasteiger partial charge in [0.05, 0.1) is 22.1 Å². The number of aromatic nitrogens is 2. The lowest BCUT2D eigenvalue weighted by molar-refractivity contribution is 0.0269. The van der Waals surface area contributed by atoms with Crippen LogP contribution in [0.4, 0.5) is 0 Å². The SMILES string of the molecule is CC[C@@]12C=C(c3nc(C)c(C)o3)n3c4c(c5c(S(=O)(=O)NCCCOC)cccc53)CCN(CCC1)[C@H]42. The van der Waals surface area contributed by atoms with Gasteiger partial charge in [-0.25, -0.2) is 18.1 Å². The van der Waals surface area contributed by atoms with Gasteiger partial charge in [-0.1, -0.05) is 13.0 Å². The maximum atomic E-state index is 13.6. The molecule has 5 heterocycles. The van der Waals surface area contributed by atoms with Crippen LogP contribution in [-0.4, -0.2) is 56.2 Å².